The summed E-state index contributed by atoms with van der Waals surface area (Å²) in [6.45, 7) is -0.272. The van der Waals surface area contributed by atoms with Gasteiger partial charge in [0.2, 0.25) is 0 Å². The van der Waals surface area contributed by atoms with Crippen LogP contribution in [0.15, 0.2) is 36.5 Å². The van der Waals surface area contributed by atoms with Crippen molar-refractivity contribution in [3.63, 3.8) is 0 Å². The maximum absolute atomic E-state index is 13.1. The van der Waals surface area contributed by atoms with E-state index in [1.165, 1.54) is 18.2 Å². The minimum absolute atomic E-state index is 0.0848. The Labute approximate surface area is 198 Å². The van der Waals surface area contributed by atoms with Gasteiger partial charge >= 0.3 is 6.36 Å². The van der Waals surface area contributed by atoms with Crippen LogP contribution in [0.25, 0.3) is 0 Å². The van der Waals surface area contributed by atoms with Crippen LogP contribution in [0, 0.1) is 0 Å². The van der Waals surface area contributed by atoms with Gasteiger partial charge in [0.05, 0.1) is 31.0 Å². The molecule has 3 heterocycles. The first kappa shape index (κ1) is 24.5. The number of methoxy groups -OCH3 is 1. The maximum atomic E-state index is 13.1. The fourth-order valence-corrected chi connectivity index (χ4v) is 4.27. The summed E-state index contributed by atoms with van der Waals surface area (Å²) in [7, 11) is 1.57. The Kier molecular flexibility index (Phi) is 7.17. The van der Waals surface area contributed by atoms with Crippen molar-refractivity contribution in [2.45, 2.75) is 24.5 Å². The molecule has 2 atom stereocenters. The van der Waals surface area contributed by atoms with Crippen LogP contribution in [0.1, 0.15) is 22.5 Å². The van der Waals surface area contributed by atoms with E-state index in [0.717, 1.165) is 0 Å². The standard InChI is InChI=1S/C22H22ClF3N2O6/c1-30-15-4-6-27-18(11-15)21-5-7-28(12-19(21)32-13-34-21)20(29)14-2-3-17(16(23)10-14)31-8-9-33-22(24,25)26/h2-4,6,10-11,19H,5,7-9,12-13H2,1H3/t19-,21-/m1/s1. The van der Waals surface area contributed by atoms with Crippen molar-refractivity contribution in [3.05, 3.63) is 52.8 Å². The molecule has 12 heteroatoms. The molecule has 0 saturated carbocycles. The number of rotatable bonds is 7. The maximum Gasteiger partial charge on any atom is 0.522 e. The second-order valence-electron chi connectivity index (χ2n) is 7.68. The largest absolute Gasteiger partial charge is 0.522 e. The second kappa shape index (κ2) is 9.95. The first-order chi connectivity index (χ1) is 16.2. The lowest BCUT2D eigenvalue weighted by Gasteiger charge is -2.41. The number of aromatic nitrogens is 1. The lowest BCUT2D eigenvalue weighted by atomic mass is 9.84. The number of carbonyl (C=O) groups is 1. The molecule has 0 spiro atoms. The SMILES string of the molecule is COc1ccnc([C@]23CCN(C(=O)c4ccc(OCCOC(F)(F)F)c(Cl)c4)C[C@H]2OCO3)c1. The Hall–Kier alpha value is -2.60. The fraction of sp³-hybridized carbons (Fsp3) is 0.455. The van der Waals surface area contributed by atoms with Gasteiger partial charge in [0, 0.05) is 30.8 Å². The summed E-state index contributed by atoms with van der Waals surface area (Å²) in [6.07, 6.45) is -3.04. The van der Waals surface area contributed by atoms with Gasteiger partial charge in [-0.3, -0.25) is 14.5 Å². The van der Waals surface area contributed by atoms with E-state index < -0.39 is 24.7 Å². The molecule has 0 aliphatic carbocycles. The van der Waals surface area contributed by atoms with Gasteiger partial charge in [-0.1, -0.05) is 11.6 Å². The summed E-state index contributed by atoms with van der Waals surface area (Å²) in [6, 6.07) is 7.90. The topological polar surface area (TPSA) is 79.4 Å². The predicted octanol–water partition coefficient (Wildman–Crippen LogP) is 3.77. The van der Waals surface area contributed by atoms with Crippen LogP contribution >= 0.6 is 11.6 Å². The molecule has 2 fully saturated rings. The van der Waals surface area contributed by atoms with Crippen LogP contribution in [0.2, 0.25) is 5.02 Å². The minimum atomic E-state index is -4.73. The van der Waals surface area contributed by atoms with Gasteiger partial charge < -0.3 is 23.8 Å². The number of amides is 1. The molecule has 2 aromatic rings. The van der Waals surface area contributed by atoms with Gasteiger partial charge in [-0.25, -0.2) is 0 Å². The van der Waals surface area contributed by atoms with Crippen LogP contribution in [-0.2, 0) is 19.8 Å². The molecule has 34 heavy (non-hydrogen) atoms. The van der Waals surface area contributed by atoms with Crippen molar-refractivity contribution in [3.8, 4) is 11.5 Å². The summed E-state index contributed by atoms with van der Waals surface area (Å²) < 4.78 is 62.1. The number of carbonyl (C=O) groups excluding carboxylic acids is 1. The molecule has 184 valence electrons. The zero-order chi connectivity index (χ0) is 24.3. The van der Waals surface area contributed by atoms with E-state index in [-0.39, 0.29) is 36.6 Å². The van der Waals surface area contributed by atoms with E-state index in [1.54, 1.807) is 30.3 Å². The number of halogens is 4. The lowest BCUT2D eigenvalue weighted by Crippen LogP contribution is -2.53. The molecule has 0 unspecified atom stereocenters. The number of benzene rings is 1. The van der Waals surface area contributed by atoms with Gasteiger partial charge in [0.25, 0.3) is 5.91 Å². The number of ether oxygens (including phenoxy) is 5. The van der Waals surface area contributed by atoms with Crippen molar-refractivity contribution in [1.29, 1.82) is 0 Å². The molecule has 1 aromatic carbocycles. The Bertz CT molecular complexity index is 1040. The Morgan fingerprint density at radius 2 is 2.12 bits per heavy atom. The average Bonchev–Trinajstić information content (AvgIpc) is 3.26. The van der Waals surface area contributed by atoms with E-state index in [0.29, 0.717) is 30.0 Å². The van der Waals surface area contributed by atoms with Crippen LogP contribution in [0.3, 0.4) is 0 Å². The molecule has 0 N–H and O–H groups in total. The van der Waals surface area contributed by atoms with E-state index in [2.05, 4.69) is 9.72 Å². The third-order valence-corrected chi connectivity index (χ3v) is 6.01. The van der Waals surface area contributed by atoms with Crippen LogP contribution in [0.4, 0.5) is 13.2 Å². The van der Waals surface area contributed by atoms with Crippen molar-refractivity contribution in [2.75, 3.05) is 40.2 Å². The highest BCUT2D eigenvalue weighted by Gasteiger charge is 2.52. The summed E-state index contributed by atoms with van der Waals surface area (Å²) in [5.41, 5.74) is 0.217. The summed E-state index contributed by atoms with van der Waals surface area (Å²) >= 11 is 6.18. The van der Waals surface area contributed by atoms with E-state index in [4.69, 9.17) is 30.5 Å². The van der Waals surface area contributed by atoms with Gasteiger partial charge in [0.15, 0.2) is 0 Å². The molecular weight excluding hydrogens is 481 g/mol. The molecule has 1 aromatic heterocycles. The molecule has 4 rings (SSSR count). The van der Waals surface area contributed by atoms with E-state index in [1.807, 2.05) is 0 Å². The van der Waals surface area contributed by atoms with Crippen LogP contribution < -0.4 is 9.47 Å². The monoisotopic (exact) mass is 502 g/mol. The number of alkyl halides is 3. The van der Waals surface area contributed by atoms with Crippen LogP contribution in [-0.4, -0.2) is 68.5 Å². The highest BCUT2D eigenvalue weighted by atomic mass is 35.5. The van der Waals surface area contributed by atoms with Crippen molar-refractivity contribution in [2.24, 2.45) is 0 Å². The molecule has 0 bridgehead atoms. The summed E-state index contributed by atoms with van der Waals surface area (Å²) in [5.74, 6) is 0.531. The molecule has 0 radical (unpaired) electrons. The quantitative estimate of drug-likeness (QED) is 0.533. The van der Waals surface area contributed by atoms with Gasteiger partial charge in [0.1, 0.15) is 36.6 Å². The van der Waals surface area contributed by atoms with Crippen molar-refractivity contribution >= 4 is 17.5 Å². The summed E-state index contributed by atoms with van der Waals surface area (Å²) in [5, 5.41) is 0.102. The first-order valence-corrected chi connectivity index (χ1v) is 10.8. The fourth-order valence-electron chi connectivity index (χ4n) is 4.04. The van der Waals surface area contributed by atoms with Gasteiger partial charge in [-0.2, -0.15) is 0 Å². The lowest BCUT2D eigenvalue weighted by molar-refractivity contribution is -0.325. The van der Waals surface area contributed by atoms with Gasteiger partial charge in [-0.15, -0.1) is 13.2 Å². The Morgan fingerprint density at radius 1 is 1.29 bits per heavy atom. The third kappa shape index (κ3) is 5.22. The second-order valence-corrected chi connectivity index (χ2v) is 8.08. The summed E-state index contributed by atoms with van der Waals surface area (Å²) in [4.78, 5) is 19.2. The number of piperidine rings is 1. The number of pyridine rings is 1. The zero-order valence-electron chi connectivity index (χ0n) is 18.1. The number of nitrogens with zero attached hydrogens (tertiary/aromatic N) is 2. The molecule has 8 nitrogen and oxygen atoms in total. The number of hydrogen-bond acceptors (Lipinski definition) is 7. The minimum Gasteiger partial charge on any atom is -0.497 e. The average molecular weight is 503 g/mol. The molecule has 1 amide bonds. The zero-order valence-corrected chi connectivity index (χ0v) is 18.9. The molecule has 2 saturated heterocycles. The van der Waals surface area contributed by atoms with Crippen molar-refractivity contribution < 1.29 is 41.7 Å². The highest BCUT2D eigenvalue weighted by Crippen LogP contribution is 2.42. The normalized spacial score (nSPS) is 22.4. The number of fused-ring (bicyclic) bond motifs is 1. The molecule has 2 aliphatic rings. The van der Waals surface area contributed by atoms with Gasteiger partial charge in [-0.05, 0) is 24.3 Å². The smallest absolute Gasteiger partial charge is 0.497 e. The molecular formula is C22H22ClF3N2O6. The number of hydrogen-bond donors (Lipinski definition) is 0. The Balaban J connectivity index is 1.41. The van der Waals surface area contributed by atoms with E-state index >= 15 is 0 Å². The number of likely N-dealkylation sites (tertiary alicyclic amines) is 1. The first-order valence-electron chi connectivity index (χ1n) is 10.4. The third-order valence-electron chi connectivity index (χ3n) is 5.72. The van der Waals surface area contributed by atoms with E-state index in [9.17, 15) is 18.0 Å². The Morgan fingerprint density at radius 3 is 2.85 bits per heavy atom. The molecule has 2 aliphatic heterocycles. The van der Waals surface area contributed by atoms with Crippen molar-refractivity contribution in [1.82, 2.24) is 9.88 Å². The predicted molar refractivity (Wildman–Crippen MR) is 113 cm³/mol. The van der Waals surface area contributed by atoms with Crippen LogP contribution in [0.5, 0.6) is 11.5 Å². The highest BCUT2D eigenvalue weighted by molar-refractivity contribution is 6.32.